The summed E-state index contributed by atoms with van der Waals surface area (Å²) in [6.07, 6.45) is 3.10. The average molecular weight is 375 g/mol. The molecule has 0 aromatic carbocycles. The van der Waals surface area contributed by atoms with Crippen LogP contribution in [0, 0.1) is 5.41 Å². The lowest BCUT2D eigenvalue weighted by Gasteiger charge is -2.58. The molecule has 132 valence electrons. The maximum atomic E-state index is 14.3. The van der Waals surface area contributed by atoms with Gasteiger partial charge in [0.25, 0.3) is 0 Å². The van der Waals surface area contributed by atoms with Crippen molar-refractivity contribution in [3.8, 4) is 0 Å². The minimum atomic E-state index is -1.92. The summed E-state index contributed by atoms with van der Waals surface area (Å²) in [7, 11) is -4.55. The van der Waals surface area contributed by atoms with Crippen molar-refractivity contribution in [1.82, 2.24) is 0 Å². The smallest absolute Gasteiger partial charge is 0.113 e. The van der Waals surface area contributed by atoms with Crippen molar-refractivity contribution in [2.75, 3.05) is 0 Å². The number of hydrogen-bond donors (Lipinski definition) is 0. The molecule has 0 bridgehead atoms. The van der Waals surface area contributed by atoms with Gasteiger partial charge in [-0.15, -0.1) is 0 Å². The molecule has 1 nitrogen and oxygen atoms in total. The molecule has 0 saturated heterocycles. The molecule has 22 heavy (non-hydrogen) atoms. The van der Waals surface area contributed by atoms with Crippen LogP contribution in [0.1, 0.15) is 40.0 Å². The Balaban J connectivity index is 6.77. The van der Waals surface area contributed by atoms with Gasteiger partial charge < -0.3 is 4.79 Å². The second-order valence-corrected chi connectivity index (χ2v) is 50.4. The highest BCUT2D eigenvalue weighted by molar-refractivity contribution is 7.96. The molecule has 0 aromatic heterocycles. The Morgan fingerprint density at radius 1 is 0.636 bits per heavy atom. The Bertz CT molecular complexity index is 348. The normalized spacial score (nSPS) is 15.1. The summed E-state index contributed by atoms with van der Waals surface area (Å²) in [6, 6.07) is 0. The van der Waals surface area contributed by atoms with Gasteiger partial charge in [-0.2, -0.15) is 0 Å². The Labute approximate surface area is 144 Å². The van der Waals surface area contributed by atoms with E-state index in [-0.39, 0.29) is 5.41 Å². The third-order valence-electron chi connectivity index (χ3n) is 6.23. The van der Waals surface area contributed by atoms with Crippen LogP contribution in [0.2, 0.25) is 58.9 Å². The van der Waals surface area contributed by atoms with E-state index in [1.165, 1.54) is 0 Å². The monoisotopic (exact) mass is 374 g/mol. The number of carbonyl (C=O) groups excluding carboxylic acids is 1. The van der Waals surface area contributed by atoms with Crippen molar-refractivity contribution >= 4 is 34.8 Å². The highest BCUT2D eigenvalue weighted by Gasteiger charge is 2.68. The van der Waals surface area contributed by atoms with E-state index in [0.29, 0.717) is 0 Å². The van der Waals surface area contributed by atoms with Crippen LogP contribution in [0.15, 0.2) is 0 Å². The average Bonchev–Trinajstić information content (AvgIpc) is 2.26. The largest absolute Gasteiger partial charge is 0.306 e. The van der Waals surface area contributed by atoms with E-state index in [1.54, 1.807) is 0 Å². The standard InChI is InChI=1S/C17H42OSi4/c1-13-17(14-2,15-3)16(18)22(19(4,5)6,20(7,8)9)21(10,11)12/h13-15H2,1-12H3. The molecule has 0 aliphatic carbocycles. The Kier molecular flexibility index (Phi) is 6.97. The molecule has 0 spiro atoms. The lowest BCUT2D eigenvalue weighted by molar-refractivity contribution is -0.121. The Morgan fingerprint density at radius 3 is 1.00 bits per heavy atom. The summed E-state index contributed by atoms with van der Waals surface area (Å²) < 4.78 is 0. The van der Waals surface area contributed by atoms with Gasteiger partial charge in [0.15, 0.2) is 0 Å². The molecule has 0 unspecified atom stereocenters. The first kappa shape index (κ1) is 22.5. The van der Waals surface area contributed by atoms with Crippen LogP contribution in [0.5, 0.6) is 0 Å². The highest BCUT2D eigenvalue weighted by Crippen LogP contribution is 2.45. The Hall–Kier alpha value is 0.538. The molecule has 0 aromatic rings. The van der Waals surface area contributed by atoms with Gasteiger partial charge in [-0.25, -0.2) is 0 Å². The molecule has 0 radical (unpaired) electrons. The molecule has 0 aliphatic heterocycles. The molecule has 5 heteroatoms. The summed E-state index contributed by atoms with van der Waals surface area (Å²) >= 11 is 0. The van der Waals surface area contributed by atoms with Crippen molar-refractivity contribution < 1.29 is 4.79 Å². The van der Waals surface area contributed by atoms with Gasteiger partial charge in [-0.3, -0.25) is 0 Å². The predicted molar refractivity (Wildman–Crippen MR) is 114 cm³/mol. The quantitative estimate of drug-likeness (QED) is 0.475. The van der Waals surface area contributed by atoms with Gasteiger partial charge >= 0.3 is 0 Å². The molecule has 0 fully saturated rings. The van der Waals surface area contributed by atoms with Crippen LogP contribution in [0.25, 0.3) is 0 Å². The lowest BCUT2D eigenvalue weighted by atomic mass is 9.81. The second kappa shape index (κ2) is 6.80. The van der Waals surface area contributed by atoms with Gasteiger partial charge in [0.2, 0.25) is 0 Å². The fourth-order valence-corrected chi connectivity index (χ4v) is 106. The first-order valence-corrected chi connectivity index (χ1v) is 24.6. The fourth-order valence-electron chi connectivity index (χ4n) is 6.03. The van der Waals surface area contributed by atoms with Crippen molar-refractivity contribution in [3.05, 3.63) is 0 Å². The molecule has 0 heterocycles. The fraction of sp³-hybridized carbons (Fsp3) is 0.941. The van der Waals surface area contributed by atoms with Crippen LogP contribution < -0.4 is 0 Å². The van der Waals surface area contributed by atoms with Gasteiger partial charge in [0.05, 0.1) is 0 Å². The van der Waals surface area contributed by atoms with Crippen molar-refractivity contribution in [3.63, 3.8) is 0 Å². The third kappa shape index (κ3) is 3.33. The van der Waals surface area contributed by atoms with Crippen LogP contribution in [-0.2, 0) is 4.79 Å². The predicted octanol–water partition coefficient (Wildman–Crippen LogP) is 6.01. The molecule has 0 rings (SSSR count). The summed E-state index contributed by atoms with van der Waals surface area (Å²) in [4.78, 5) is 14.3. The topological polar surface area (TPSA) is 17.1 Å². The third-order valence-corrected chi connectivity index (χ3v) is 77.0. The zero-order valence-electron chi connectivity index (χ0n) is 17.5. The van der Waals surface area contributed by atoms with Crippen molar-refractivity contribution in [2.45, 2.75) is 99.0 Å². The van der Waals surface area contributed by atoms with Crippen LogP contribution >= 0.6 is 0 Å². The molecule has 0 saturated carbocycles. The van der Waals surface area contributed by atoms with E-state index < -0.39 is 29.4 Å². The lowest BCUT2D eigenvalue weighted by Crippen LogP contribution is -2.88. The molecule has 0 N–H and O–H groups in total. The number of rotatable bonds is 8. The zero-order valence-corrected chi connectivity index (χ0v) is 21.5. The molecular weight excluding hydrogens is 333 g/mol. The minimum Gasteiger partial charge on any atom is -0.306 e. The highest BCUT2D eigenvalue weighted by atomic mass is 29.9. The van der Waals surface area contributed by atoms with Crippen molar-refractivity contribution in [1.29, 1.82) is 0 Å². The van der Waals surface area contributed by atoms with E-state index in [9.17, 15) is 4.79 Å². The summed E-state index contributed by atoms with van der Waals surface area (Å²) in [6.45, 7) is 27.6. The van der Waals surface area contributed by atoms with Gasteiger partial charge in [-0.05, 0) is 19.3 Å². The second-order valence-electron chi connectivity index (χ2n) is 10.2. The van der Waals surface area contributed by atoms with Crippen molar-refractivity contribution in [2.24, 2.45) is 5.41 Å². The first-order chi connectivity index (χ1) is 9.59. The van der Waals surface area contributed by atoms with E-state index >= 15 is 0 Å². The van der Waals surface area contributed by atoms with E-state index in [4.69, 9.17) is 0 Å². The maximum Gasteiger partial charge on any atom is 0.113 e. The first-order valence-electron chi connectivity index (χ1n) is 9.14. The van der Waals surface area contributed by atoms with Crippen LogP contribution in [0.3, 0.4) is 0 Å². The van der Waals surface area contributed by atoms with E-state index in [0.717, 1.165) is 24.7 Å². The number of carbonyl (C=O) groups is 1. The summed E-state index contributed by atoms with van der Waals surface area (Å²) in [5.74, 6) is 0. The zero-order chi connectivity index (χ0) is 18.2. The minimum absolute atomic E-state index is 0.0347. The molecule has 0 amide bonds. The number of hydrogen-bond acceptors (Lipinski definition) is 1. The molecule has 0 atom stereocenters. The maximum absolute atomic E-state index is 14.3. The summed E-state index contributed by atoms with van der Waals surface area (Å²) in [5, 5.41) is 0.810. The summed E-state index contributed by atoms with van der Waals surface area (Å²) in [5.41, 5.74) is -0.0347. The molecular formula is C17H42OSi4. The SMILES string of the molecule is CCC(CC)(CC)C(=O)[Si]([Si](C)(C)C)([Si](C)(C)C)[Si](C)(C)C. The molecule has 0 aliphatic rings. The van der Waals surface area contributed by atoms with Crippen LogP contribution in [0.4, 0.5) is 0 Å². The van der Waals surface area contributed by atoms with Gasteiger partial charge in [-0.1, -0.05) is 79.7 Å². The van der Waals surface area contributed by atoms with Crippen LogP contribution in [-0.4, -0.2) is 34.8 Å². The van der Waals surface area contributed by atoms with Gasteiger partial charge in [0.1, 0.15) is 12.0 Å². The van der Waals surface area contributed by atoms with E-state index in [2.05, 4.69) is 79.7 Å². The van der Waals surface area contributed by atoms with E-state index in [1.807, 2.05) is 0 Å². The van der Waals surface area contributed by atoms with Gasteiger partial charge in [0, 0.05) is 28.2 Å². The Morgan fingerprint density at radius 2 is 0.864 bits per heavy atom.